The molecule has 4 N–H and O–H groups in total. The molecule has 0 aromatic carbocycles. The molecule has 17 heavy (non-hydrogen) atoms. The average Bonchev–Trinajstić information content (AvgIpc) is 2.40. The van der Waals surface area contributed by atoms with Crippen LogP contribution in [0, 0.1) is 16.7 Å². The first-order valence-electron chi connectivity index (χ1n) is 5.24. The predicted molar refractivity (Wildman–Crippen MR) is 67.2 cm³/mol. The second-order valence-corrected chi connectivity index (χ2v) is 7.75. The van der Waals surface area contributed by atoms with Crippen LogP contribution in [-0.2, 0) is 14.9 Å². The van der Waals surface area contributed by atoms with Gasteiger partial charge in [0, 0.05) is 11.2 Å². The Hall–Kier alpha value is 0.0200. The fraction of sp³-hybridized carbons (Fsp3) is 0.900. The fourth-order valence-electron chi connectivity index (χ4n) is 3.45. The molecule has 100 valence electrons. The molecule has 0 amide bonds. The first-order chi connectivity index (χ1) is 7.12. The third kappa shape index (κ3) is 1.87. The summed E-state index contributed by atoms with van der Waals surface area (Å²) in [6.45, 7) is 3.56. The summed E-state index contributed by atoms with van der Waals surface area (Å²) in [4.78, 5) is 11.8. The number of fused-ring (bicyclic) bond motifs is 2. The average molecular weight is 328 g/mol. The number of alkyl halides is 1. The van der Waals surface area contributed by atoms with Crippen LogP contribution in [-0.4, -0.2) is 29.3 Å². The highest BCUT2D eigenvalue weighted by Crippen LogP contribution is 2.65. The Kier molecular flexibility index (Phi) is 3.56. The van der Waals surface area contributed by atoms with Gasteiger partial charge in [-0.2, -0.15) is 0 Å². The molecule has 2 unspecified atom stereocenters. The van der Waals surface area contributed by atoms with Gasteiger partial charge in [0.2, 0.25) is 0 Å². The zero-order valence-electron chi connectivity index (χ0n) is 10.2. The van der Waals surface area contributed by atoms with Gasteiger partial charge in [-0.15, -0.1) is 0 Å². The summed E-state index contributed by atoms with van der Waals surface area (Å²) in [6.07, 6.45) is 1.49. The molecule has 0 saturated heterocycles. The van der Waals surface area contributed by atoms with Crippen LogP contribution in [0.3, 0.4) is 0 Å². The molecular weight excluding hydrogens is 310 g/mol. The fourth-order valence-corrected chi connectivity index (χ4v) is 6.07. The Labute approximate surface area is 110 Å². The minimum atomic E-state index is -4.30. The van der Waals surface area contributed by atoms with Crippen molar-refractivity contribution in [1.82, 2.24) is 6.15 Å². The summed E-state index contributed by atoms with van der Waals surface area (Å²) in [5.41, 5.74) is -1.37. The third-order valence-corrected chi connectivity index (χ3v) is 6.67. The molecule has 0 aromatic heterocycles. The molecule has 2 rings (SSSR count). The van der Waals surface area contributed by atoms with E-state index in [4.69, 9.17) is 0 Å². The molecule has 0 radical (unpaired) electrons. The second kappa shape index (κ2) is 4.01. The van der Waals surface area contributed by atoms with Crippen LogP contribution in [0.2, 0.25) is 0 Å². The molecule has 0 aromatic rings. The number of Topliss-reactive ketones (excluding diaryl/α,β-unsaturated/α-hetero) is 1. The molecule has 2 bridgehead atoms. The highest BCUT2D eigenvalue weighted by atomic mass is 79.9. The van der Waals surface area contributed by atoms with Crippen LogP contribution >= 0.6 is 15.9 Å². The van der Waals surface area contributed by atoms with Crippen molar-refractivity contribution in [1.29, 1.82) is 0 Å². The molecule has 4 atom stereocenters. The van der Waals surface area contributed by atoms with E-state index in [1.807, 2.05) is 0 Å². The molecule has 5 nitrogen and oxygen atoms in total. The van der Waals surface area contributed by atoms with Gasteiger partial charge in [-0.05, 0) is 24.2 Å². The highest BCUT2D eigenvalue weighted by Gasteiger charge is 2.68. The summed E-state index contributed by atoms with van der Waals surface area (Å²) < 4.78 is 33.0. The molecule has 0 heterocycles. The van der Waals surface area contributed by atoms with Crippen molar-refractivity contribution in [3.8, 4) is 0 Å². The standard InChI is InChI=1S/C10H15BrO4S.H3N/c1-9-4-3-6(7(11)8(9)12)10(9,2)5-16(13,14)15;/h6-7H,3-5H2,1-2H3,(H,13,14,15);1H3/t6?,7-,9+,10?;/m1./s1. The zero-order valence-corrected chi connectivity index (χ0v) is 12.6. The minimum absolute atomic E-state index is 0. The quantitative estimate of drug-likeness (QED) is 0.614. The van der Waals surface area contributed by atoms with E-state index < -0.39 is 26.7 Å². The van der Waals surface area contributed by atoms with E-state index in [1.54, 1.807) is 13.8 Å². The molecule has 7 heteroatoms. The lowest BCUT2D eigenvalue weighted by Gasteiger charge is -2.37. The van der Waals surface area contributed by atoms with Gasteiger partial charge in [-0.1, -0.05) is 29.8 Å². The van der Waals surface area contributed by atoms with E-state index in [2.05, 4.69) is 15.9 Å². The maximum absolute atomic E-state index is 12.0. The Morgan fingerprint density at radius 2 is 2.00 bits per heavy atom. The van der Waals surface area contributed by atoms with E-state index in [0.717, 1.165) is 6.42 Å². The topological polar surface area (TPSA) is 111 Å². The molecule has 2 aliphatic carbocycles. The maximum Gasteiger partial charge on any atom is 0.153 e. The lowest BCUT2D eigenvalue weighted by Crippen LogP contribution is -2.40. The van der Waals surface area contributed by atoms with Crippen molar-refractivity contribution < 1.29 is 17.8 Å². The van der Waals surface area contributed by atoms with Crippen molar-refractivity contribution in [3.05, 3.63) is 0 Å². The number of ketones is 1. The van der Waals surface area contributed by atoms with Crippen LogP contribution in [0.5, 0.6) is 0 Å². The Balaban J connectivity index is 0.00000144. The van der Waals surface area contributed by atoms with E-state index >= 15 is 0 Å². The van der Waals surface area contributed by atoms with Gasteiger partial charge >= 0.3 is 0 Å². The van der Waals surface area contributed by atoms with Crippen molar-refractivity contribution in [2.75, 3.05) is 5.75 Å². The van der Waals surface area contributed by atoms with Crippen molar-refractivity contribution >= 4 is 31.8 Å². The summed E-state index contributed by atoms with van der Waals surface area (Å²) in [5, 5.41) is 0. The smallest absolute Gasteiger partial charge is 0.153 e. The summed E-state index contributed by atoms with van der Waals surface area (Å²) in [5.74, 6) is -0.418. The number of carbonyl (C=O) groups excluding carboxylic acids is 1. The number of carbonyl (C=O) groups is 1. The number of hydrogen-bond acceptors (Lipinski definition) is 4. The van der Waals surface area contributed by atoms with Gasteiger partial charge in [-0.25, -0.2) is 8.42 Å². The number of halogens is 1. The molecule has 2 saturated carbocycles. The predicted octanol–water partition coefficient (Wildman–Crippen LogP) is 1.68. The molecule has 0 aliphatic heterocycles. The second-order valence-electron chi connectivity index (χ2n) is 5.36. The van der Waals surface area contributed by atoms with E-state index in [1.165, 1.54) is 0 Å². The molecule has 2 aliphatic rings. The minimum Gasteiger partial charge on any atom is -0.748 e. The van der Waals surface area contributed by atoms with Gasteiger partial charge < -0.3 is 10.7 Å². The van der Waals surface area contributed by atoms with Crippen LogP contribution in [0.4, 0.5) is 0 Å². The Morgan fingerprint density at radius 1 is 1.47 bits per heavy atom. The first-order valence-corrected chi connectivity index (χ1v) is 7.73. The van der Waals surface area contributed by atoms with E-state index in [-0.39, 0.29) is 22.7 Å². The zero-order chi connectivity index (χ0) is 12.4. The summed E-state index contributed by atoms with van der Waals surface area (Å²) >= 11 is 3.33. The Morgan fingerprint density at radius 3 is 2.35 bits per heavy atom. The molecule has 0 spiro atoms. The highest BCUT2D eigenvalue weighted by molar-refractivity contribution is 9.10. The monoisotopic (exact) mass is 327 g/mol. The molecule has 2 fully saturated rings. The van der Waals surface area contributed by atoms with Crippen molar-refractivity contribution in [2.24, 2.45) is 16.7 Å². The van der Waals surface area contributed by atoms with Crippen molar-refractivity contribution in [3.63, 3.8) is 0 Å². The number of quaternary nitrogens is 1. The van der Waals surface area contributed by atoms with Crippen LogP contribution in [0.1, 0.15) is 26.7 Å². The van der Waals surface area contributed by atoms with E-state index in [9.17, 15) is 17.8 Å². The Bertz CT molecular complexity index is 451. The lowest BCUT2D eigenvalue weighted by molar-refractivity contribution is -0.127. The van der Waals surface area contributed by atoms with E-state index in [0.29, 0.717) is 6.42 Å². The SMILES string of the molecule is CC1(CS(=O)(=O)[O-])C2CC[C@@]1(C)C(=O)[C@@H]2Br.[NH4+]. The van der Waals surface area contributed by atoms with Crippen LogP contribution < -0.4 is 6.15 Å². The maximum atomic E-state index is 12.0. The normalized spacial score (nSPS) is 44.8. The van der Waals surface area contributed by atoms with Gasteiger partial charge in [-0.3, -0.25) is 4.79 Å². The summed E-state index contributed by atoms with van der Waals surface area (Å²) in [6, 6.07) is 0. The van der Waals surface area contributed by atoms with Crippen LogP contribution in [0.25, 0.3) is 0 Å². The van der Waals surface area contributed by atoms with Gasteiger partial charge in [0.1, 0.15) is 0 Å². The van der Waals surface area contributed by atoms with Gasteiger partial charge in [0.05, 0.1) is 14.9 Å². The van der Waals surface area contributed by atoms with Gasteiger partial charge in [0.15, 0.2) is 5.78 Å². The first kappa shape index (κ1) is 15.1. The lowest BCUT2D eigenvalue weighted by atomic mass is 9.70. The number of hydrogen-bond donors (Lipinski definition) is 1. The third-order valence-electron chi connectivity index (χ3n) is 4.66. The van der Waals surface area contributed by atoms with Crippen molar-refractivity contribution in [2.45, 2.75) is 31.5 Å². The molecular formula is C10H18BrNO4S. The summed E-state index contributed by atoms with van der Waals surface area (Å²) in [7, 11) is -4.30. The van der Waals surface area contributed by atoms with Gasteiger partial charge in [0.25, 0.3) is 0 Å². The largest absolute Gasteiger partial charge is 0.748 e. The van der Waals surface area contributed by atoms with Crippen LogP contribution in [0.15, 0.2) is 0 Å². The number of rotatable bonds is 2.